The number of rotatable bonds is 3. The Kier molecular flexibility index (Phi) is 4.18. The number of halogens is 1. The zero-order chi connectivity index (χ0) is 12.3. The molecule has 1 aliphatic rings. The standard InChI is InChI=1S/C13H17BrN2O/c14-11-6-4-10(5-7-11)9-16-8-2-1-3-12(16)13(15)17/h4-7,12H,1-3,8-9H2,(H2,15,17). The fourth-order valence-corrected chi connectivity index (χ4v) is 2.59. The number of nitrogens with two attached hydrogens (primary N) is 1. The third kappa shape index (κ3) is 3.30. The number of piperidine rings is 1. The predicted molar refractivity (Wildman–Crippen MR) is 71.4 cm³/mol. The summed E-state index contributed by atoms with van der Waals surface area (Å²) in [7, 11) is 0. The third-order valence-corrected chi connectivity index (χ3v) is 3.77. The summed E-state index contributed by atoms with van der Waals surface area (Å²) in [5.74, 6) is -0.193. The Morgan fingerprint density at radius 3 is 2.71 bits per heavy atom. The van der Waals surface area contributed by atoms with Gasteiger partial charge in [-0.2, -0.15) is 0 Å². The van der Waals surface area contributed by atoms with Crippen LogP contribution in [-0.2, 0) is 11.3 Å². The zero-order valence-corrected chi connectivity index (χ0v) is 11.3. The van der Waals surface area contributed by atoms with Gasteiger partial charge in [0.25, 0.3) is 0 Å². The lowest BCUT2D eigenvalue weighted by Crippen LogP contribution is -2.47. The van der Waals surface area contributed by atoms with Gasteiger partial charge in [-0.1, -0.05) is 34.5 Å². The minimum Gasteiger partial charge on any atom is -0.368 e. The summed E-state index contributed by atoms with van der Waals surface area (Å²) in [4.78, 5) is 13.6. The van der Waals surface area contributed by atoms with Crippen molar-refractivity contribution in [3.8, 4) is 0 Å². The minimum absolute atomic E-state index is 0.0904. The smallest absolute Gasteiger partial charge is 0.234 e. The van der Waals surface area contributed by atoms with Gasteiger partial charge >= 0.3 is 0 Å². The molecule has 1 unspecified atom stereocenters. The Hall–Kier alpha value is -0.870. The van der Waals surface area contributed by atoms with Crippen LogP contribution in [-0.4, -0.2) is 23.4 Å². The van der Waals surface area contributed by atoms with Crippen LogP contribution in [0.5, 0.6) is 0 Å². The summed E-state index contributed by atoms with van der Waals surface area (Å²) in [5, 5.41) is 0. The molecule has 1 saturated heterocycles. The molecule has 0 radical (unpaired) electrons. The van der Waals surface area contributed by atoms with Crippen LogP contribution in [0.2, 0.25) is 0 Å². The minimum atomic E-state index is -0.193. The second-order valence-electron chi connectivity index (χ2n) is 4.51. The first-order valence-corrected chi connectivity index (χ1v) is 6.74. The number of hydrogen-bond donors (Lipinski definition) is 1. The molecule has 1 atom stereocenters. The maximum atomic E-state index is 11.4. The molecule has 0 aromatic heterocycles. The summed E-state index contributed by atoms with van der Waals surface area (Å²) in [6.45, 7) is 1.77. The number of carbonyl (C=O) groups is 1. The Labute approximate surface area is 110 Å². The normalized spacial score (nSPS) is 21.4. The molecule has 0 saturated carbocycles. The van der Waals surface area contributed by atoms with Crippen molar-refractivity contribution >= 4 is 21.8 Å². The maximum absolute atomic E-state index is 11.4. The van der Waals surface area contributed by atoms with Gasteiger partial charge in [0, 0.05) is 11.0 Å². The van der Waals surface area contributed by atoms with E-state index in [1.54, 1.807) is 0 Å². The summed E-state index contributed by atoms with van der Waals surface area (Å²) in [5.41, 5.74) is 6.67. The van der Waals surface area contributed by atoms with Crippen molar-refractivity contribution in [3.63, 3.8) is 0 Å². The molecule has 1 heterocycles. The number of hydrogen-bond acceptors (Lipinski definition) is 2. The Morgan fingerprint density at radius 1 is 1.35 bits per heavy atom. The number of carbonyl (C=O) groups excluding carboxylic acids is 1. The molecular weight excluding hydrogens is 280 g/mol. The lowest BCUT2D eigenvalue weighted by atomic mass is 10.0. The highest BCUT2D eigenvalue weighted by atomic mass is 79.9. The lowest BCUT2D eigenvalue weighted by molar-refractivity contribution is -0.124. The van der Waals surface area contributed by atoms with Crippen molar-refractivity contribution < 1.29 is 4.79 Å². The molecule has 0 aliphatic carbocycles. The maximum Gasteiger partial charge on any atom is 0.234 e. The van der Waals surface area contributed by atoms with Crippen molar-refractivity contribution in [1.29, 1.82) is 0 Å². The van der Waals surface area contributed by atoms with Crippen LogP contribution in [0.1, 0.15) is 24.8 Å². The fraction of sp³-hybridized carbons (Fsp3) is 0.462. The van der Waals surface area contributed by atoms with E-state index in [2.05, 4.69) is 33.0 Å². The second kappa shape index (κ2) is 5.65. The second-order valence-corrected chi connectivity index (χ2v) is 5.43. The molecule has 92 valence electrons. The highest BCUT2D eigenvalue weighted by Gasteiger charge is 2.26. The van der Waals surface area contributed by atoms with E-state index in [-0.39, 0.29) is 11.9 Å². The van der Waals surface area contributed by atoms with Crippen LogP contribution < -0.4 is 5.73 Å². The van der Waals surface area contributed by atoms with Gasteiger partial charge < -0.3 is 5.73 Å². The lowest BCUT2D eigenvalue weighted by Gasteiger charge is -2.33. The van der Waals surface area contributed by atoms with Crippen LogP contribution in [0.3, 0.4) is 0 Å². The van der Waals surface area contributed by atoms with Gasteiger partial charge in [-0.3, -0.25) is 9.69 Å². The van der Waals surface area contributed by atoms with E-state index in [9.17, 15) is 4.79 Å². The Balaban J connectivity index is 2.05. The number of primary amides is 1. The quantitative estimate of drug-likeness (QED) is 0.930. The predicted octanol–water partition coefficient (Wildman–Crippen LogP) is 2.29. The number of nitrogens with zero attached hydrogens (tertiary/aromatic N) is 1. The first-order chi connectivity index (χ1) is 8.16. The van der Waals surface area contributed by atoms with E-state index in [4.69, 9.17) is 5.73 Å². The molecule has 3 nitrogen and oxygen atoms in total. The van der Waals surface area contributed by atoms with Gasteiger partial charge in [-0.25, -0.2) is 0 Å². The van der Waals surface area contributed by atoms with Crippen LogP contribution in [0.4, 0.5) is 0 Å². The summed E-state index contributed by atoms with van der Waals surface area (Å²) in [6, 6.07) is 8.12. The molecule has 1 aromatic carbocycles. The molecule has 1 aliphatic heterocycles. The molecule has 2 rings (SSSR count). The first kappa shape index (κ1) is 12.6. The largest absolute Gasteiger partial charge is 0.368 e. The monoisotopic (exact) mass is 296 g/mol. The highest BCUT2D eigenvalue weighted by molar-refractivity contribution is 9.10. The van der Waals surface area contributed by atoms with E-state index < -0.39 is 0 Å². The highest BCUT2D eigenvalue weighted by Crippen LogP contribution is 2.20. The van der Waals surface area contributed by atoms with Crippen molar-refractivity contribution in [2.75, 3.05) is 6.54 Å². The van der Waals surface area contributed by atoms with Crippen LogP contribution in [0, 0.1) is 0 Å². The molecule has 0 spiro atoms. The molecule has 1 fully saturated rings. The van der Waals surface area contributed by atoms with Crippen molar-refractivity contribution in [2.24, 2.45) is 5.73 Å². The SMILES string of the molecule is NC(=O)C1CCCCN1Cc1ccc(Br)cc1. The zero-order valence-electron chi connectivity index (χ0n) is 9.73. The molecule has 17 heavy (non-hydrogen) atoms. The third-order valence-electron chi connectivity index (χ3n) is 3.24. The average molecular weight is 297 g/mol. The van der Waals surface area contributed by atoms with E-state index >= 15 is 0 Å². The number of likely N-dealkylation sites (tertiary alicyclic amines) is 1. The fourth-order valence-electron chi connectivity index (χ4n) is 2.33. The van der Waals surface area contributed by atoms with Crippen molar-refractivity contribution in [2.45, 2.75) is 31.8 Å². The van der Waals surface area contributed by atoms with Gasteiger partial charge in [0.2, 0.25) is 5.91 Å². The summed E-state index contributed by atoms with van der Waals surface area (Å²) >= 11 is 3.42. The number of benzene rings is 1. The molecule has 0 bridgehead atoms. The van der Waals surface area contributed by atoms with E-state index in [1.807, 2.05) is 12.1 Å². The van der Waals surface area contributed by atoms with Gasteiger partial charge in [0.15, 0.2) is 0 Å². The molecule has 1 amide bonds. The molecule has 2 N–H and O–H groups in total. The van der Waals surface area contributed by atoms with Crippen LogP contribution in [0.25, 0.3) is 0 Å². The van der Waals surface area contributed by atoms with Gasteiger partial charge in [0.05, 0.1) is 6.04 Å². The van der Waals surface area contributed by atoms with E-state index in [0.717, 1.165) is 36.8 Å². The van der Waals surface area contributed by atoms with Crippen LogP contribution >= 0.6 is 15.9 Å². The Morgan fingerprint density at radius 2 is 2.06 bits per heavy atom. The van der Waals surface area contributed by atoms with Crippen molar-refractivity contribution in [3.05, 3.63) is 34.3 Å². The van der Waals surface area contributed by atoms with E-state index in [1.165, 1.54) is 5.56 Å². The van der Waals surface area contributed by atoms with Gasteiger partial charge in [-0.15, -0.1) is 0 Å². The molecule has 1 aromatic rings. The average Bonchev–Trinajstić information content (AvgIpc) is 2.32. The van der Waals surface area contributed by atoms with Crippen LogP contribution in [0.15, 0.2) is 28.7 Å². The van der Waals surface area contributed by atoms with Gasteiger partial charge in [0.1, 0.15) is 0 Å². The van der Waals surface area contributed by atoms with Crippen molar-refractivity contribution in [1.82, 2.24) is 4.90 Å². The number of amides is 1. The topological polar surface area (TPSA) is 46.3 Å². The Bertz CT molecular complexity index is 391. The van der Waals surface area contributed by atoms with E-state index in [0.29, 0.717) is 0 Å². The summed E-state index contributed by atoms with van der Waals surface area (Å²) < 4.78 is 1.08. The van der Waals surface area contributed by atoms with Gasteiger partial charge in [-0.05, 0) is 37.1 Å². The summed E-state index contributed by atoms with van der Waals surface area (Å²) in [6.07, 6.45) is 3.15. The molecule has 4 heteroatoms. The first-order valence-electron chi connectivity index (χ1n) is 5.94. The molecular formula is C13H17BrN2O.